The van der Waals surface area contributed by atoms with Crippen LogP contribution in [0.3, 0.4) is 0 Å². The van der Waals surface area contributed by atoms with Gasteiger partial charge < -0.3 is 10.1 Å². The number of anilines is 1. The number of benzene rings is 1. The second-order valence-electron chi connectivity index (χ2n) is 5.38. The van der Waals surface area contributed by atoms with Crippen molar-refractivity contribution in [1.82, 2.24) is 4.72 Å². The third-order valence-electron chi connectivity index (χ3n) is 3.20. The molecule has 23 heavy (non-hydrogen) atoms. The SMILES string of the molecule is CCCCOCCCNS(=O)(=O)c1cc(NC(C)=O)ccc1C. The molecule has 7 heteroatoms. The molecule has 1 amide bonds. The monoisotopic (exact) mass is 342 g/mol. The van der Waals surface area contributed by atoms with Gasteiger partial charge in [-0.1, -0.05) is 19.4 Å². The van der Waals surface area contributed by atoms with Gasteiger partial charge in [0, 0.05) is 32.4 Å². The van der Waals surface area contributed by atoms with Crippen LogP contribution < -0.4 is 10.0 Å². The third kappa shape index (κ3) is 7.11. The Morgan fingerprint density at radius 3 is 2.57 bits per heavy atom. The number of amides is 1. The topological polar surface area (TPSA) is 84.5 Å². The Balaban J connectivity index is 2.60. The normalized spacial score (nSPS) is 11.4. The molecule has 0 radical (unpaired) electrons. The van der Waals surface area contributed by atoms with Gasteiger partial charge in [0.05, 0.1) is 4.90 Å². The average Bonchev–Trinajstić information content (AvgIpc) is 2.47. The summed E-state index contributed by atoms with van der Waals surface area (Å²) >= 11 is 0. The fraction of sp³-hybridized carbons (Fsp3) is 0.562. The Labute approximate surface area is 138 Å². The molecule has 6 nitrogen and oxygen atoms in total. The molecule has 0 unspecified atom stereocenters. The number of ether oxygens (including phenoxy) is 1. The number of rotatable bonds is 10. The summed E-state index contributed by atoms with van der Waals surface area (Å²) in [5, 5.41) is 2.59. The van der Waals surface area contributed by atoms with E-state index in [1.54, 1.807) is 19.1 Å². The molecule has 0 fully saturated rings. The third-order valence-corrected chi connectivity index (χ3v) is 4.80. The predicted octanol–water partition coefficient (Wildman–Crippen LogP) is 2.44. The van der Waals surface area contributed by atoms with Gasteiger partial charge in [0.2, 0.25) is 15.9 Å². The number of sulfonamides is 1. The molecule has 0 aliphatic rings. The summed E-state index contributed by atoms with van der Waals surface area (Å²) in [4.78, 5) is 11.3. The van der Waals surface area contributed by atoms with Gasteiger partial charge in [0.1, 0.15) is 0 Å². The van der Waals surface area contributed by atoms with Crippen molar-refractivity contribution in [2.45, 2.75) is 44.9 Å². The second kappa shape index (κ2) is 9.64. The molecule has 0 aliphatic heterocycles. The van der Waals surface area contributed by atoms with Crippen molar-refractivity contribution < 1.29 is 17.9 Å². The van der Waals surface area contributed by atoms with Crippen LogP contribution in [0.2, 0.25) is 0 Å². The predicted molar refractivity (Wildman–Crippen MR) is 91.0 cm³/mol. The van der Waals surface area contributed by atoms with Gasteiger partial charge in [-0.2, -0.15) is 0 Å². The van der Waals surface area contributed by atoms with Crippen LogP contribution >= 0.6 is 0 Å². The Bertz CT molecular complexity index is 615. The minimum absolute atomic E-state index is 0.177. The van der Waals surface area contributed by atoms with Gasteiger partial charge >= 0.3 is 0 Å². The molecule has 130 valence electrons. The molecule has 0 bridgehead atoms. The van der Waals surface area contributed by atoms with Crippen molar-refractivity contribution in [2.24, 2.45) is 0 Å². The summed E-state index contributed by atoms with van der Waals surface area (Å²) in [5.74, 6) is -0.241. The van der Waals surface area contributed by atoms with Gasteiger partial charge in [0.15, 0.2) is 0 Å². The largest absolute Gasteiger partial charge is 0.381 e. The van der Waals surface area contributed by atoms with E-state index in [4.69, 9.17) is 4.74 Å². The quantitative estimate of drug-likeness (QED) is 0.640. The lowest BCUT2D eigenvalue weighted by atomic mass is 10.2. The number of carbonyl (C=O) groups excluding carboxylic acids is 1. The Kier molecular flexibility index (Phi) is 8.22. The van der Waals surface area contributed by atoms with Crippen LogP contribution in [-0.2, 0) is 19.6 Å². The Morgan fingerprint density at radius 2 is 1.91 bits per heavy atom. The second-order valence-corrected chi connectivity index (χ2v) is 7.11. The molecule has 1 aromatic rings. The standard InChI is InChI=1S/C16H26N2O4S/c1-4-5-10-22-11-6-9-17-23(20,21)16-12-15(18-14(3)19)8-7-13(16)2/h7-8,12,17H,4-6,9-11H2,1-3H3,(H,18,19). The zero-order valence-corrected chi connectivity index (χ0v) is 14.8. The molecule has 0 atom stereocenters. The van der Waals surface area contributed by atoms with Crippen molar-refractivity contribution in [2.75, 3.05) is 25.1 Å². The molecule has 0 saturated carbocycles. The number of hydrogen-bond acceptors (Lipinski definition) is 4. The molecular weight excluding hydrogens is 316 g/mol. The van der Waals surface area contributed by atoms with E-state index in [9.17, 15) is 13.2 Å². The molecule has 2 N–H and O–H groups in total. The summed E-state index contributed by atoms with van der Waals surface area (Å²) in [5.41, 5.74) is 1.09. The van der Waals surface area contributed by atoms with Crippen LogP contribution in [-0.4, -0.2) is 34.1 Å². The first kappa shape index (κ1) is 19.6. The van der Waals surface area contributed by atoms with E-state index >= 15 is 0 Å². The molecule has 0 heterocycles. The van der Waals surface area contributed by atoms with Gasteiger partial charge in [0.25, 0.3) is 0 Å². The minimum Gasteiger partial charge on any atom is -0.381 e. The van der Waals surface area contributed by atoms with Crippen molar-refractivity contribution in [3.05, 3.63) is 23.8 Å². The highest BCUT2D eigenvalue weighted by molar-refractivity contribution is 7.89. The van der Waals surface area contributed by atoms with E-state index in [2.05, 4.69) is 17.0 Å². The van der Waals surface area contributed by atoms with Crippen LogP contribution in [0.1, 0.15) is 38.7 Å². The highest BCUT2D eigenvalue weighted by Gasteiger charge is 2.17. The Morgan fingerprint density at radius 1 is 1.22 bits per heavy atom. The first-order valence-corrected chi connectivity index (χ1v) is 9.30. The lowest BCUT2D eigenvalue weighted by Gasteiger charge is -2.11. The van der Waals surface area contributed by atoms with Crippen molar-refractivity contribution in [3.63, 3.8) is 0 Å². The number of hydrogen-bond donors (Lipinski definition) is 2. The highest BCUT2D eigenvalue weighted by atomic mass is 32.2. The van der Waals surface area contributed by atoms with E-state index in [-0.39, 0.29) is 10.8 Å². The molecular formula is C16H26N2O4S. The zero-order chi connectivity index (χ0) is 17.3. The van der Waals surface area contributed by atoms with Gasteiger partial charge in [-0.05, 0) is 37.5 Å². The first-order valence-electron chi connectivity index (χ1n) is 7.82. The summed E-state index contributed by atoms with van der Waals surface area (Å²) in [6.45, 7) is 6.76. The molecule has 0 spiro atoms. The fourth-order valence-electron chi connectivity index (χ4n) is 1.98. The van der Waals surface area contributed by atoms with Gasteiger partial charge in [-0.15, -0.1) is 0 Å². The number of carbonyl (C=O) groups is 1. The molecule has 1 aromatic carbocycles. The van der Waals surface area contributed by atoms with E-state index in [1.807, 2.05) is 0 Å². The highest BCUT2D eigenvalue weighted by Crippen LogP contribution is 2.20. The minimum atomic E-state index is -3.60. The lowest BCUT2D eigenvalue weighted by Crippen LogP contribution is -2.26. The number of nitrogens with one attached hydrogen (secondary N) is 2. The van der Waals surface area contributed by atoms with Crippen molar-refractivity contribution in [3.8, 4) is 0 Å². The number of aryl methyl sites for hydroxylation is 1. The van der Waals surface area contributed by atoms with E-state index < -0.39 is 10.0 Å². The van der Waals surface area contributed by atoms with Crippen LogP contribution in [0.25, 0.3) is 0 Å². The summed E-state index contributed by atoms with van der Waals surface area (Å²) in [7, 11) is -3.60. The zero-order valence-electron chi connectivity index (χ0n) is 14.0. The maximum Gasteiger partial charge on any atom is 0.240 e. The van der Waals surface area contributed by atoms with E-state index in [0.29, 0.717) is 37.4 Å². The van der Waals surface area contributed by atoms with Crippen LogP contribution in [0.4, 0.5) is 5.69 Å². The van der Waals surface area contributed by atoms with Crippen molar-refractivity contribution in [1.29, 1.82) is 0 Å². The van der Waals surface area contributed by atoms with Gasteiger partial charge in [-0.25, -0.2) is 13.1 Å². The van der Waals surface area contributed by atoms with E-state index in [0.717, 1.165) is 12.8 Å². The summed E-state index contributed by atoms with van der Waals surface area (Å²) in [6.07, 6.45) is 2.71. The molecule has 0 saturated heterocycles. The van der Waals surface area contributed by atoms with Crippen LogP contribution in [0, 0.1) is 6.92 Å². The molecule has 1 rings (SSSR count). The smallest absolute Gasteiger partial charge is 0.240 e. The van der Waals surface area contributed by atoms with E-state index in [1.165, 1.54) is 13.0 Å². The molecule has 0 aromatic heterocycles. The lowest BCUT2D eigenvalue weighted by molar-refractivity contribution is -0.114. The number of unbranched alkanes of at least 4 members (excludes halogenated alkanes) is 1. The molecule has 0 aliphatic carbocycles. The average molecular weight is 342 g/mol. The maximum atomic E-state index is 12.4. The summed E-state index contributed by atoms with van der Waals surface area (Å²) < 4.78 is 32.7. The van der Waals surface area contributed by atoms with Gasteiger partial charge in [-0.3, -0.25) is 4.79 Å². The first-order chi connectivity index (χ1) is 10.9. The van der Waals surface area contributed by atoms with Crippen LogP contribution in [0.5, 0.6) is 0 Å². The summed E-state index contributed by atoms with van der Waals surface area (Å²) in [6, 6.07) is 4.82. The van der Waals surface area contributed by atoms with Crippen LogP contribution in [0.15, 0.2) is 23.1 Å². The Hall–Kier alpha value is -1.44. The van der Waals surface area contributed by atoms with Crippen molar-refractivity contribution >= 4 is 21.6 Å². The maximum absolute atomic E-state index is 12.4. The fourth-order valence-corrected chi connectivity index (χ4v) is 3.32.